The highest BCUT2D eigenvalue weighted by Gasteiger charge is 2.17. The highest BCUT2D eigenvalue weighted by molar-refractivity contribution is 6.35. The largest absolute Gasteiger partial charge is 0.733 e. The number of nitrogens with zero attached hydrogens (tertiary/aromatic N) is 1. The van der Waals surface area contributed by atoms with Crippen LogP contribution >= 0.6 is 23.2 Å². The van der Waals surface area contributed by atoms with Crippen molar-refractivity contribution in [2.24, 2.45) is 0 Å². The lowest BCUT2D eigenvalue weighted by atomic mass is 9.93. The van der Waals surface area contributed by atoms with Gasteiger partial charge in [0, 0.05) is 34.2 Å². The fourth-order valence-corrected chi connectivity index (χ4v) is 5.27. The van der Waals surface area contributed by atoms with Crippen LogP contribution in [0.3, 0.4) is 0 Å². The van der Waals surface area contributed by atoms with Crippen LogP contribution in [0.4, 0.5) is 16.2 Å². The van der Waals surface area contributed by atoms with Crippen LogP contribution in [0.25, 0.3) is 11.1 Å². The normalized spacial score (nSPS) is 14.4. The summed E-state index contributed by atoms with van der Waals surface area (Å²) >= 11 is 12.1. The molecule has 1 atom stereocenters. The SMILES string of the molecule is O=C(NCC(CCNC1CCCC1)c1ccc(-c2cccc(N([O-])O)c2)cc1)Nc1cc(Cl)cc(Cl)c1. The van der Waals surface area contributed by atoms with E-state index in [9.17, 15) is 15.2 Å². The Kier molecular flexibility index (Phi) is 9.66. The van der Waals surface area contributed by atoms with E-state index >= 15 is 0 Å². The van der Waals surface area contributed by atoms with Gasteiger partial charge in [-0.05, 0) is 72.8 Å². The molecule has 0 bridgehead atoms. The Hall–Kier alpha value is -2.81. The topological polar surface area (TPSA) is 99.7 Å². The minimum atomic E-state index is -0.327. The van der Waals surface area contributed by atoms with Crippen molar-refractivity contribution in [3.63, 3.8) is 0 Å². The van der Waals surface area contributed by atoms with Crippen LogP contribution in [0.1, 0.15) is 43.6 Å². The summed E-state index contributed by atoms with van der Waals surface area (Å²) < 4.78 is 0. The second-order valence-corrected chi connectivity index (χ2v) is 10.2. The second-order valence-electron chi connectivity index (χ2n) is 9.36. The molecule has 0 aromatic heterocycles. The molecular weight excluding hydrogens is 511 g/mol. The first kappa shape index (κ1) is 27.2. The van der Waals surface area contributed by atoms with Gasteiger partial charge in [0.05, 0.1) is 5.69 Å². The van der Waals surface area contributed by atoms with Gasteiger partial charge in [-0.15, -0.1) is 0 Å². The molecule has 1 saturated carbocycles. The quantitative estimate of drug-likeness (QED) is 0.203. The third kappa shape index (κ3) is 8.09. The van der Waals surface area contributed by atoms with Crippen molar-refractivity contribution in [2.75, 3.05) is 23.6 Å². The summed E-state index contributed by atoms with van der Waals surface area (Å²) in [6.07, 6.45) is 5.86. The van der Waals surface area contributed by atoms with Gasteiger partial charge >= 0.3 is 6.03 Å². The molecule has 4 rings (SSSR count). The zero-order valence-corrected chi connectivity index (χ0v) is 21.9. The van der Waals surface area contributed by atoms with Crippen LogP contribution in [-0.4, -0.2) is 30.4 Å². The van der Waals surface area contributed by atoms with Gasteiger partial charge in [0.2, 0.25) is 0 Å². The van der Waals surface area contributed by atoms with E-state index in [4.69, 9.17) is 23.2 Å². The predicted octanol–water partition coefficient (Wildman–Crippen LogP) is 7.18. The number of carbonyl (C=O) groups excluding carboxylic acids is 1. The van der Waals surface area contributed by atoms with Gasteiger partial charge < -0.3 is 26.4 Å². The van der Waals surface area contributed by atoms with Gasteiger partial charge in [-0.1, -0.05) is 72.4 Å². The molecule has 37 heavy (non-hydrogen) atoms. The summed E-state index contributed by atoms with van der Waals surface area (Å²) in [5, 5.41) is 30.7. The van der Waals surface area contributed by atoms with E-state index in [1.807, 2.05) is 30.3 Å². The number of urea groups is 1. The zero-order chi connectivity index (χ0) is 26.2. The maximum absolute atomic E-state index is 12.6. The molecule has 1 fully saturated rings. The van der Waals surface area contributed by atoms with Crippen molar-refractivity contribution in [1.82, 2.24) is 10.6 Å². The molecule has 196 valence electrons. The Balaban J connectivity index is 1.43. The summed E-state index contributed by atoms with van der Waals surface area (Å²) in [4.78, 5) is 12.6. The first-order valence-electron chi connectivity index (χ1n) is 12.5. The van der Waals surface area contributed by atoms with Crippen molar-refractivity contribution < 1.29 is 10.0 Å². The van der Waals surface area contributed by atoms with Crippen molar-refractivity contribution in [1.29, 1.82) is 0 Å². The van der Waals surface area contributed by atoms with Gasteiger partial charge in [-0.2, -0.15) is 0 Å². The molecule has 0 saturated heterocycles. The number of anilines is 2. The Morgan fingerprint density at radius 2 is 1.70 bits per heavy atom. The van der Waals surface area contributed by atoms with E-state index in [1.165, 1.54) is 25.7 Å². The molecule has 4 N–H and O–H groups in total. The lowest BCUT2D eigenvalue weighted by molar-refractivity contribution is 0.251. The number of hydrogen-bond donors (Lipinski definition) is 4. The fourth-order valence-electron chi connectivity index (χ4n) is 4.75. The molecule has 0 spiro atoms. The van der Waals surface area contributed by atoms with E-state index in [1.54, 1.807) is 36.4 Å². The molecule has 3 aromatic carbocycles. The highest BCUT2D eigenvalue weighted by atomic mass is 35.5. The Morgan fingerprint density at radius 1 is 1.00 bits per heavy atom. The third-order valence-corrected chi connectivity index (χ3v) is 7.13. The summed E-state index contributed by atoms with van der Waals surface area (Å²) in [5.74, 6) is 0.0950. The van der Waals surface area contributed by atoms with E-state index < -0.39 is 0 Å². The summed E-state index contributed by atoms with van der Waals surface area (Å²) in [6.45, 7) is 1.32. The average Bonchev–Trinajstić information content (AvgIpc) is 3.39. The van der Waals surface area contributed by atoms with Crippen molar-refractivity contribution in [2.45, 2.75) is 44.1 Å². The van der Waals surface area contributed by atoms with Crippen LogP contribution < -0.4 is 21.2 Å². The minimum Gasteiger partial charge on any atom is -0.733 e. The molecule has 1 aliphatic carbocycles. The average molecular weight is 542 g/mol. The van der Waals surface area contributed by atoms with Gasteiger partial charge in [-0.3, -0.25) is 5.21 Å². The Labute approximate surface area is 227 Å². The third-order valence-electron chi connectivity index (χ3n) is 6.69. The van der Waals surface area contributed by atoms with Gasteiger partial charge in [0.25, 0.3) is 0 Å². The van der Waals surface area contributed by atoms with Gasteiger partial charge in [0.1, 0.15) is 0 Å². The Bertz CT molecular complexity index is 1160. The molecule has 0 aliphatic heterocycles. The van der Waals surface area contributed by atoms with Crippen LogP contribution in [0.15, 0.2) is 66.7 Å². The monoisotopic (exact) mass is 541 g/mol. The van der Waals surface area contributed by atoms with Gasteiger partial charge in [0.15, 0.2) is 0 Å². The highest BCUT2D eigenvalue weighted by Crippen LogP contribution is 2.28. The standard InChI is InChI=1S/C28H31Cl2N4O3/c29-23-15-24(30)17-26(16-23)33-28(35)32-18-22(12-13-31-25-5-1-2-6-25)20-10-8-19(9-11-20)21-4-3-7-27(14-21)34(36)37/h3-4,7-11,14-17,22,25,31,36H,1-2,5-6,12-13,18H2,(H2,32,33,35)/q-1. The number of benzene rings is 3. The van der Waals surface area contributed by atoms with E-state index in [0.29, 0.717) is 28.3 Å². The number of amides is 2. The molecule has 9 heteroatoms. The fraction of sp³-hybridized carbons (Fsp3) is 0.321. The maximum Gasteiger partial charge on any atom is 0.319 e. The van der Waals surface area contributed by atoms with E-state index in [0.717, 1.165) is 29.7 Å². The second kappa shape index (κ2) is 13.1. The molecule has 7 nitrogen and oxygen atoms in total. The first-order chi connectivity index (χ1) is 17.9. The van der Waals surface area contributed by atoms with Crippen molar-refractivity contribution >= 4 is 40.6 Å². The zero-order valence-electron chi connectivity index (χ0n) is 20.4. The number of nitrogens with one attached hydrogen (secondary N) is 3. The molecular formula is C28H31Cl2N4O3-. The maximum atomic E-state index is 12.6. The number of rotatable bonds is 10. The minimum absolute atomic E-state index is 0.0950. The summed E-state index contributed by atoms with van der Waals surface area (Å²) in [7, 11) is 0. The summed E-state index contributed by atoms with van der Waals surface area (Å²) in [6, 6.07) is 20.0. The van der Waals surface area contributed by atoms with Crippen molar-refractivity contribution in [3.8, 4) is 11.1 Å². The summed E-state index contributed by atoms with van der Waals surface area (Å²) in [5.41, 5.74) is 3.57. The first-order valence-corrected chi connectivity index (χ1v) is 13.2. The van der Waals surface area contributed by atoms with E-state index in [-0.39, 0.29) is 22.9 Å². The molecule has 0 radical (unpaired) electrons. The Morgan fingerprint density at radius 3 is 2.38 bits per heavy atom. The van der Waals surface area contributed by atoms with E-state index in [2.05, 4.69) is 16.0 Å². The van der Waals surface area contributed by atoms with Crippen molar-refractivity contribution in [3.05, 3.63) is 87.5 Å². The molecule has 2 amide bonds. The lowest BCUT2D eigenvalue weighted by Crippen LogP contribution is -2.34. The molecule has 0 heterocycles. The number of carbonyl (C=O) groups is 1. The predicted molar refractivity (Wildman–Crippen MR) is 151 cm³/mol. The molecule has 3 aromatic rings. The van der Waals surface area contributed by atoms with Gasteiger partial charge in [-0.25, -0.2) is 4.79 Å². The van der Waals surface area contributed by atoms with Crippen LogP contribution in [0.2, 0.25) is 10.0 Å². The molecule has 1 unspecified atom stereocenters. The lowest BCUT2D eigenvalue weighted by Gasteiger charge is -2.22. The van der Waals surface area contributed by atoms with Crippen LogP contribution in [-0.2, 0) is 0 Å². The van der Waals surface area contributed by atoms with Crippen LogP contribution in [0, 0.1) is 5.21 Å². The smallest absolute Gasteiger partial charge is 0.319 e. The number of halogens is 2. The van der Waals surface area contributed by atoms with Crippen LogP contribution in [0.5, 0.6) is 0 Å². The molecule has 1 aliphatic rings. The number of hydrogen-bond acceptors (Lipinski definition) is 5.